The Morgan fingerprint density at radius 1 is 1.15 bits per heavy atom. The third-order valence-electron chi connectivity index (χ3n) is 4.95. The lowest BCUT2D eigenvalue weighted by Crippen LogP contribution is -2.56. The minimum Gasteiger partial charge on any atom is -0.481 e. The first-order valence-electron chi connectivity index (χ1n) is 8.86. The molecule has 2 aromatic rings. The average Bonchev–Trinajstić information content (AvgIpc) is 3.48. The lowest BCUT2D eigenvalue weighted by Gasteiger charge is -2.31. The molecule has 0 bridgehead atoms. The van der Waals surface area contributed by atoms with Gasteiger partial charge in [0.2, 0.25) is 0 Å². The predicted molar refractivity (Wildman–Crippen MR) is 108 cm³/mol. The fraction of sp³-hybridized carbons (Fsp3) is 0.381. The summed E-state index contributed by atoms with van der Waals surface area (Å²) in [6.07, 6.45) is 1.70. The molecule has 2 atom stereocenters. The third-order valence-corrected chi connectivity index (χ3v) is 4.95. The molecular formula is C21H27ClN2O2. The van der Waals surface area contributed by atoms with Gasteiger partial charge in [-0.3, -0.25) is 4.79 Å². The van der Waals surface area contributed by atoms with E-state index in [1.54, 1.807) is 6.92 Å². The van der Waals surface area contributed by atoms with Gasteiger partial charge in [0.1, 0.15) is 5.75 Å². The number of benzene rings is 2. The number of hydrogen-bond donors (Lipinski definition) is 2. The molecule has 1 aliphatic rings. The van der Waals surface area contributed by atoms with Crippen molar-refractivity contribution in [3.8, 4) is 16.9 Å². The number of nitrogens with two attached hydrogens (primary N) is 1. The summed E-state index contributed by atoms with van der Waals surface area (Å²) >= 11 is 0. The maximum absolute atomic E-state index is 12.5. The predicted octanol–water partition coefficient (Wildman–Crippen LogP) is 3.79. The Labute approximate surface area is 161 Å². The van der Waals surface area contributed by atoms with Crippen LogP contribution in [0.1, 0.15) is 26.7 Å². The van der Waals surface area contributed by atoms with E-state index in [0.717, 1.165) is 24.0 Å². The van der Waals surface area contributed by atoms with Crippen LogP contribution in [0.2, 0.25) is 0 Å². The molecule has 0 aromatic heterocycles. The standard InChI is InChI=1S/C21H26N2O2.ClH/c1-15(20(24)23-21(2,14-22)18-10-11-18)25-19-12-8-17(9-13-19)16-6-4-3-5-7-16;/h3-9,12-13,15,18H,10-11,14,22H2,1-2H3,(H,23,24);1H. The molecule has 5 heteroatoms. The Balaban J connectivity index is 0.00000243. The molecular weight excluding hydrogens is 348 g/mol. The first-order chi connectivity index (χ1) is 12.0. The van der Waals surface area contributed by atoms with Crippen molar-refractivity contribution < 1.29 is 9.53 Å². The van der Waals surface area contributed by atoms with Crippen molar-refractivity contribution in [2.24, 2.45) is 11.7 Å². The van der Waals surface area contributed by atoms with Gasteiger partial charge in [0, 0.05) is 6.54 Å². The van der Waals surface area contributed by atoms with Gasteiger partial charge in [-0.25, -0.2) is 0 Å². The number of nitrogens with one attached hydrogen (secondary N) is 1. The van der Waals surface area contributed by atoms with E-state index in [2.05, 4.69) is 17.4 Å². The second-order valence-electron chi connectivity index (χ2n) is 7.04. The van der Waals surface area contributed by atoms with Crippen LogP contribution in [0.15, 0.2) is 54.6 Å². The van der Waals surface area contributed by atoms with Crippen molar-refractivity contribution in [1.82, 2.24) is 5.32 Å². The second-order valence-corrected chi connectivity index (χ2v) is 7.04. The van der Waals surface area contributed by atoms with Gasteiger partial charge < -0.3 is 15.8 Å². The van der Waals surface area contributed by atoms with Crippen molar-refractivity contribution in [3.05, 3.63) is 54.6 Å². The van der Waals surface area contributed by atoms with Gasteiger partial charge in [0.15, 0.2) is 6.10 Å². The monoisotopic (exact) mass is 374 g/mol. The average molecular weight is 375 g/mol. The first-order valence-corrected chi connectivity index (χ1v) is 8.86. The van der Waals surface area contributed by atoms with Crippen molar-refractivity contribution in [2.75, 3.05) is 6.54 Å². The molecule has 0 radical (unpaired) electrons. The highest BCUT2D eigenvalue weighted by molar-refractivity contribution is 5.85. The maximum atomic E-state index is 12.5. The molecule has 0 saturated heterocycles. The largest absolute Gasteiger partial charge is 0.481 e. The maximum Gasteiger partial charge on any atom is 0.261 e. The molecule has 0 spiro atoms. The Morgan fingerprint density at radius 3 is 2.27 bits per heavy atom. The number of carbonyl (C=O) groups is 1. The Bertz CT molecular complexity index is 717. The van der Waals surface area contributed by atoms with Gasteiger partial charge in [-0.15, -0.1) is 12.4 Å². The topological polar surface area (TPSA) is 64.3 Å². The zero-order valence-electron chi connectivity index (χ0n) is 15.3. The van der Waals surface area contributed by atoms with Gasteiger partial charge in [0.25, 0.3) is 5.91 Å². The number of ether oxygens (including phenoxy) is 1. The van der Waals surface area contributed by atoms with Crippen LogP contribution in [-0.2, 0) is 4.79 Å². The molecule has 0 heterocycles. The van der Waals surface area contributed by atoms with Crippen LogP contribution in [0.3, 0.4) is 0 Å². The van der Waals surface area contributed by atoms with Gasteiger partial charge in [0.05, 0.1) is 5.54 Å². The molecule has 1 fully saturated rings. The second kappa shape index (κ2) is 8.56. The fourth-order valence-electron chi connectivity index (χ4n) is 3.04. The van der Waals surface area contributed by atoms with Gasteiger partial charge >= 0.3 is 0 Å². The molecule has 2 unspecified atom stereocenters. The number of carbonyl (C=O) groups excluding carboxylic acids is 1. The number of rotatable bonds is 7. The molecule has 1 amide bonds. The van der Waals surface area contributed by atoms with Crippen LogP contribution in [0.4, 0.5) is 0 Å². The van der Waals surface area contributed by atoms with Crippen LogP contribution in [0, 0.1) is 5.92 Å². The zero-order valence-corrected chi connectivity index (χ0v) is 16.1. The molecule has 0 aliphatic heterocycles. The van der Waals surface area contributed by atoms with E-state index in [1.807, 2.05) is 49.4 Å². The Morgan fingerprint density at radius 2 is 1.73 bits per heavy atom. The van der Waals surface area contributed by atoms with Crippen LogP contribution in [0.5, 0.6) is 5.75 Å². The summed E-state index contributed by atoms with van der Waals surface area (Å²) in [5.74, 6) is 1.05. The van der Waals surface area contributed by atoms with E-state index in [9.17, 15) is 4.79 Å². The molecule has 2 aromatic carbocycles. The molecule has 4 nitrogen and oxygen atoms in total. The lowest BCUT2D eigenvalue weighted by molar-refractivity contribution is -0.129. The molecule has 1 saturated carbocycles. The molecule has 3 rings (SSSR count). The van der Waals surface area contributed by atoms with E-state index in [4.69, 9.17) is 10.5 Å². The molecule has 3 N–H and O–H groups in total. The number of amides is 1. The summed E-state index contributed by atoms with van der Waals surface area (Å²) < 4.78 is 5.80. The number of halogens is 1. The number of hydrogen-bond acceptors (Lipinski definition) is 3. The van der Waals surface area contributed by atoms with E-state index in [1.165, 1.54) is 0 Å². The molecule has 26 heavy (non-hydrogen) atoms. The van der Waals surface area contributed by atoms with Crippen molar-refractivity contribution in [2.45, 2.75) is 38.3 Å². The van der Waals surface area contributed by atoms with Gasteiger partial charge in [-0.1, -0.05) is 42.5 Å². The normalized spacial score (nSPS) is 16.7. The smallest absolute Gasteiger partial charge is 0.261 e. The Hall–Kier alpha value is -2.04. The third kappa shape index (κ3) is 4.77. The van der Waals surface area contributed by atoms with Crippen LogP contribution in [0.25, 0.3) is 11.1 Å². The van der Waals surface area contributed by atoms with E-state index in [0.29, 0.717) is 18.2 Å². The van der Waals surface area contributed by atoms with Crippen molar-refractivity contribution in [1.29, 1.82) is 0 Å². The molecule has 140 valence electrons. The van der Waals surface area contributed by atoms with Crippen LogP contribution in [-0.4, -0.2) is 24.1 Å². The zero-order chi connectivity index (χ0) is 17.9. The van der Waals surface area contributed by atoms with Crippen LogP contribution >= 0.6 is 12.4 Å². The van der Waals surface area contributed by atoms with Gasteiger partial charge in [-0.2, -0.15) is 0 Å². The summed E-state index contributed by atoms with van der Waals surface area (Å²) in [6, 6.07) is 18.0. The summed E-state index contributed by atoms with van der Waals surface area (Å²) in [7, 11) is 0. The van der Waals surface area contributed by atoms with Crippen molar-refractivity contribution in [3.63, 3.8) is 0 Å². The van der Waals surface area contributed by atoms with Crippen molar-refractivity contribution >= 4 is 18.3 Å². The SMILES string of the molecule is CC(Oc1ccc(-c2ccccc2)cc1)C(=O)NC(C)(CN)C1CC1.Cl. The van der Waals surface area contributed by atoms with Crippen LogP contribution < -0.4 is 15.8 Å². The first kappa shape index (κ1) is 20.3. The lowest BCUT2D eigenvalue weighted by atomic mass is 9.95. The summed E-state index contributed by atoms with van der Waals surface area (Å²) in [5.41, 5.74) is 7.81. The van der Waals surface area contributed by atoms with E-state index >= 15 is 0 Å². The quantitative estimate of drug-likeness (QED) is 0.775. The summed E-state index contributed by atoms with van der Waals surface area (Å²) in [6.45, 7) is 4.23. The minimum atomic E-state index is -0.563. The Kier molecular flexibility index (Phi) is 6.68. The fourth-order valence-corrected chi connectivity index (χ4v) is 3.04. The minimum absolute atomic E-state index is 0. The van der Waals surface area contributed by atoms with Gasteiger partial charge in [-0.05, 0) is 55.9 Å². The van der Waals surface area contributed by atoms with E-state index < -0.39 is 6.10 Å². The highest BCUT2D eigenvalue weighted by Crippen LogP contribution is 2.39. The highest BCUT2D eigenvalue weighted by atomic mass is 35.5. The summed E-state index contributed by atoms with van der Waals surface area (Å²) in [4.78, 5) is 12.5. The molecule has 1 aliphatic carbocycles. The highest BCUT2D eigenvalue weighted by Gasteiger charge is 2.42. The summed E-state index contributed by atoms with van der Waals surface area (Å²) in [5, 5.41) is 3.07. The van der Waals surface area contributed by atoms with E-state index in [-0.39, 0.29) is 23.9 Å².